The number of nitrogens with zero attached hydrogens (tertiary/aromatic N) is 2. The molecule has 0 amide bonds. The quantitative estimate of drug-likeness (QED) is 0.609. The van der Waals surface area contributed by atoms with Gasteiger partial charge in [0.25, 0.3) is 0 Å². The van der Waals surface area contributed by atoms with Crippen molar-refractivity contribution >= 4 is 23.1 Å². The number of halogens is 2. The molecule has 1 atom stereocenters. The molecule has 0 spiro atoms. The fourth-order valence-corrected chi connectivity index (χ4v) is 3.26. The number of carbonyl (C=O) groups excluding carboxylic acids is 1. The minimum atomic E-state index is -0.413. The second-order valence-electron chi connectivity index (χ2n) is 6.62. The molecule has 1 unspecified atom stereocenters. The zero-order valence-electron chi connectivity index (χ0n) is 15.7. The number of ether oxygens (including phenoxy) is 2. The molecule has 0 saturated heterocycles. The van der Waals surface area contributed by atoms with E-state index in [1.807, 2.05) is 6.92 Å². The van der Waals surface area contributed by atoms with E-state index in [0.717, 1.165) is 24.8 Å². The molecule has 7 heteroatoms. The average molecular weight is 405 g/mol. The van der Waals surface area contributed by atoms with Gasteiger partial charge in [-0.05, 0) is 49.8 Å². The van der Waals surface area contributed by atoms with Crippen LogP contribution in [-0.4, -0.2) is 22.5 Å². The summed E-state index contributed by atoms with van der Waals surface area (Å²) in [7, 11) is 0. The Morgan fingerprint density at radius 2 is 2.21 bits per heavy atom. The van der Waals surface area contributed by atoms with Crippen molar-refractivity contribution in [2.24, 2.45) is 5.92 Å². The fourth-order valence-electron chi connectivity index (χ4n) is 3.10. The number of carbonyl (C=O) groups is 1. The number of hydrogen-bond donors (Lipinski definition) is 0. The monoisotopic (exact) mass is 404 g/mol. The normalized spacial score (nSPS) is 16.4. The first-order valence-corrected chi connectivity index (χ1v) is 9.67. The molecule has 0 aliphatic heterocycles. The summed E-state index contributed by atoms with van der Waals surface area (Å²) in [6.07, 6.45) is 6.61. The van der Waals surface area contributed by atoms with Crippen LogP contribution in [0.5, 0.6) is 5.88 Å². The van der Waals surface area contributed by atoms with Crippen LogP contribution in [0.25, 0.3) is 5.57 Å². The molecule has 5 nitrogen and oxygen atoms in total. The number of rotatable bonds is 7. The van der Waals surface area contributed by atoms with E-state index in [2.05, 4.69) is 16.0 Å². The molecule has 28 heavy (non-hydrogen) atoms. The summed E-state index contributed by atoms with van der Waals surface area (Å²) in [5.74, 6) is 0.711. The van der Waals surface area contributed by atoms with Gasteiger partial charge >= 0.3 is 5.97 Å². The summed E-state index contributed by atoms with van der Waals surface area (Å²) in [5, 5.41) is 0.344. The second-order valence-corrected chi connectivity index (χ2v) is 7.06. The third-order valence-electron chi connectivity index (χ3n) is 4.59. The van der Waals surface area contributed by atoms with Gasteiger partial charge in [0.2, 0.25) is 5.88 Å². The molecule has 0 bridgehead atoms. The lowest BCUT2D eigenvalue weighted by molar-refractivity contribution is -0.144. The Bertz CT molecular complexity index is 872. The number of esters is 1. The minimum Gasteiger partial charge on any atom is -0.473 e. The van der Waals surface area contributed by atoms with E-state index in [1.165, 1.54) is 6.07 Å². The van der Waals surface area contributed by atoms with Gasteiger partial charge in [-0.2, -0.15) is 4.98 Å². The van der Waals surface area contributed by atoms with E-state index >= 15 is 0 Å². The summed E-state index contributed by atoms with van der Waals surface area (Å²) in [6, 6.07) is 6.11. The Morgan fingerprint density at radius 1 is 1.36 bits per heavy atom. The summed E-state index contributed by atoms with van der Waals surface area (Å²) < 4.78 is 24.5. The Labute approximate surface area is 168 Å². The van der Waals surface area contributed by atoms with Crippen molar-refractivity contribution < 1.29 is 18.7 Å². The van der Waals surface area contributed by atoms with Crippen molar-refractivity contribution in [1.82, 2.24) is 9.97 Å². The molecule has 3 rings (SSSR count). The summed E-state index contributed by atoms with van der Waals surface area (Å²) in [4.78, 5) is 20.4. The van der Waals surface area contributed by atoms with Crippen LogP contribution >= 0.6 is 11.6 Å². The highest BCUT2D eigenvalue weighted by Crippen LogP contribution is 2.31. The van der Waals surface area contributed by atoms with Gasteiger partial charge in [-0.3, -0.25) is 4.79 Å². The van der Waals surface area contributed by atoms with Crippen molar-refractivity contribution in [1.29, 1.82) is 0 Å². The molecule has 1 aromatic carbocycles. The van der Waals surface area contributed by atoms with Gasteiger partial charge in [-0.1, -0.05) is 23.7 Å². The molecule has 1 aromatic heterocycles. The predicted octanol–water partition coefficient (Wildman–Crippen LogP) is 4.98. The van der Waals surface area contributed by atoms with Crippen LogP contribution in [0.15, 0.2) is 36.5 Å². The average Bonchev–Trinajstić information content (AvgIpc) is 2.68. The molecular weight excluding hydrogens is 383 g/mol. The van der Waals surface area contributed by atoms with Gasteiger partial charge in [0.15, 0.2) is 5.82 Å². The van der Waals surface area contributed by atoms with E-state index in [-0.39, 0.29) is 18.5 Å². The predicted molar refractivity (Wildman–Crippen MR) is 104 cm³/mol. The van der Waals surface area contributed by atoms with E-state index in [0.29, 0.717) is 35.3 Å². The number of benzene rings is 1. The van der Waals surface area contributed by atoms with Crippen molar-refractivity contribution in [2.75, 3.05) is 6.61 Å². The highest BCUT2D eigenvalue weighted by molar-refractivity contribution is 6.30. The van der Waals surface area contributed by atoms with Gasteiger partial charge in [0.05, 0.1) is 6.61 Å². The van der Waals surface area contributed by atoms with Crippen molar-refractivity contribution in [3.63, 3.8) is 0 Å². The van der Waals surface area contributed by atoms with Gasteiger partial charge in [0, 0.05) is 29.3 Å². The molecule has 148 valence electrons. The van der Waals surface area contributed by atoms with Crippen LogP contribution in [0.4, 0.5) is 4.39 Å². The fraction of sp³-hybridized carbons (Fsp3) is 0.381. The highest BCUT2D eigenvalue weighted by atomic mass is 35.5. The smallest absolute Gasteiger partial charge is 0.306 e. The van der Waals surface area contributed by atoms with Crippen LogP contribution in [0.2, 0.25) is 5.02 Å². The molecular formula is C21H22ClFN2O3. The molecule has 1 aliphatic rings. The Balaban J connectivity index is 1.60. The maximum absolute atomic E-state index is 13.9. The maximum Gasteiger partial charge on any atom is 0.306 e. The van der Waals surface area contributed by atoms with Crippen LogP contribution in [0, 0.1) is 11.7 Å². The molecule has 1 heterocycles. The lowest BCUT2D eigenvalue weighted by atomic mass is 9.87. The minimum absolute atomic E-state index is 0.0557. The third-order valence-corrected chi connectivity index (χ3v) is 4.82. The highest BCUT2D eigenvalue weighted by Gasteiger charge is 2.20. The van der Waals surface area contributed by atoms with E-state index in [4.69, 9.17) is 21.1 Å². The largest absolute Gasteiger partial charge is 0.473 e. The Morgan fingerprint density at radius 3 is 2.93 bits per heavy atom. The topological polar surface area (TPSA) is 61.3 Å². The van der Waals surface area contributed by atoms with E-state index in [9.17, 15) is 9.18 Å². The first-order valence-electron chi connectivity index (χ1n) is 9.30. The van der Waals surface area contributed by atoms with E-state index in [1.54, 1.807) is 24.4 Å². The Hall–Kier alpha value is -2.47. The van der Waals surface area contributed by atoms with Gasteiger partial charge in [-0.15, -0.1) is 0 Å². The van der Waals surface area contributed by atoms with Gasteiger partial charge in [0.1, 0.15) is 12.4 Å². The van der Waals surface area contributed by atoms with Crippen LogP contribution < -0.4 is 4.74 Å². The molecule has 0 N–H and O–H groups in total. The van der Waals surface area contributed by atoms with Gasteiger partial charge in [-0.25, -0.2) is 9.37 Å². The molecule has 2 aromatic rings. The molecule has 0 radical (unpaired) electrons. The lowest BCUT2D eigenvalue weighted by Gasteiger charge is -2.20. The number of hydrogen-bond acceptors (Lipinski definition) is 5. The second kappa shape index (κ2) is 9.64. The van der Waals surface area contributed by atoms with Crippen molar-refractivity contribution in [3.05, 3.63) is 58.8 Å². The summed E-state index contributed by atoms with van der Waals surface area (Å²) in [5.41, 5.74) is 1.44. The zero-order chi connectivity index (χ0) is 19.9. The van der Waals surface area contributed by atoms with E-state index < -0.39 is 5.82 Å². The van der Waals surface area contributed by atoms with Crippen LogP contribution in [0.3, 0.4) is 0 Å². The lowest BCUT2D eigenvalue weighted by Crippen LogP contribution is -2.14. The molecule has 1 aliphatic carbocycles. The number of allylic oxidation sites excluding steroid dienone is 2. The Kier molecular flexibility index (Phi) is 6.98. The molecule has 0 fully saturated rings. The standard InChI is InChI=1S/C21H22ClFN2O3/c1-2-27-20(26)11-14-3-5-15(6-4-14)21-24-10-9-19(25-21)28-13-16-7-8-17(22)12-18(16)23/h5,7-10,12,14H,2-4,6,11,13H2,1H3. The van der Waals surface area contributed by atoms with Crippen molar-refractivity contribution in [3.8, 4) is 5.88 Å². The maximum atomic E-state index is 13.9. The van der Waals surface area contributed by atoms with Crippen LogP contribution in [0.1, 0.15) is 44.0 Å². The summed E-state index contributed by atoms with van der Waals surface area (Å²) >= 11 is 5.76. The molecule has 0 saturated carbocycles. The van der Waals surface area contributed by atoms with Crippen molar-refractivity contribution in [2.45, 2.75) is 39.2 Å². The van der Waals surface area contributed by atoms with Crippen LogP contribution in [-0.2, 0) is 16.1 Å². The zero-order valence-corrected chi connectivity index (χ0v) is 16.4. The first kappa shape index (κ1) is 20.3. The first-order chi connectivity index (χ1) is 13.5. The van der Waals surface area contributed by atoms with Gasteiger partial charge < -0.3 is 9.47 Å². The number of aromatic nitrogens is 2. The third kappa shape index (κ3) is 5.52. The summed E-state index contributed by atoms with van der Waals surface area (Å²) in [6.45, 7) is 2.28. The SMILES string of the molecule is CCOC(=O)CC1CC=C(c2nccc(OCc3ccc(Cl)cc3F)n2)CC1.